The fourth-order valence-electron chi connectivity index (χ4n) is 6.55. The number of fused-ring (bicyclic) bond motifs is 5. The standard InChI is InChI=1S/C21H28O4/c1-13(22)25-12-21-10-7-15(23)11-14(21)3-4-16-17-5-6-19(24)20(17,2)9-8-18(16)21/h3,16-18H,4-12H2,1-2H3/t16-,17-,18+,20-,21+/m0/s1. The molecule has 5 atom stereocenters. The molecule has 4 rings (SSSR count). The van der Waals surface area contributed by atoms with Crippen molar-refractivity contribution in [2.75, 3.05) is 6.61 Å². The molecule has 0 saturated heterocycles. The maximum absolute atomic E-state index is 12.5. The van der Waals surface area contributed by atoms with E-state index in [1.54, 1.807) is 0 Å². The second-order valence-electron chi connectivity index (χ2n) is 8.91. The Bertz CT molecular complexity index is 663. The smallest absolute Gasteiger partial charge is 0.302 e. The topological polar surface area (TPSA) is 60.4 Å². The fourth-order valence-corrected chi connectivity index (χ4v) is 6.55. The Morgan fingerprint density at radius 2 is 2.00 bits per heavy atom. The summed E-state index contributed by atoms with van der Waals surface area (Å²) in [5.41, 5.74) is 0.883. The van der Waals surface area contributed by atoms with Crippen molar-refractivity contribution in [2.45, 2.75) is 65.2 Å². The lowest BCUT2D eigenvalue weighted by atomic mass is 9.47. The fraction of sp³-hybridized carbons (Fsp3) is 0.762. The maximum atomic E-state index is 12.5. The van der Waals surface area contributed by atoms with E-state index in [2.05, 4.69) is 13.0 Å². The third kappa shape index (κ3) is 2.43. The highest BCUT2D eigenvalue weighted by Crippen LogP contribution is 2.63. The second kappa shape index (κ2) is 5.78. The highest BCUT2D eigenvalue weighted by Gasteiger charge is 2.60. The molecule has 0 aromatic rings. The van der Waals surface area contributed by atoms with Crippen molar-refractivity contribution in [3.05, 3.63) is 11.6 Å². The first-order chi connectivity index (χ1) is 11.9. The van der Waals surface area contributed by atoms with E-state index in [4.69, 9.17) is 4.74 Å². The number of rotatable bonds is 2. The number of ether oxygens (including phenoxy) is 1. The minimum absolute atomic E-state index is 0.153. The first-order valence-electron chi connectivity index (χ1n) is 9.75. The molecular weight excluding hydrogens is 316 g/mol. The van der Waals surface area contributed by atoms with Crippen molar-refractivity contribution < 1.29 is 19.1 Å². The molecule has 0 heterocycles. The Morgan fingerprint density at radius 1 is 1.20 bits per heavy atom. The van der Waals surface area contributed by atoms with Crippen molar-refractivity contribution in [3.63, 3.8) is 0 Å². The summed E-state index contributed by atoms with van der Waals surface area (Å²) in [4.78, 5) is 36.0. The number of allylic oxidation sites excluding steroid dienone is 1. The Labute approximate surface area is 149 Å². The number of Topliss-reactive ketones (excluding diaryl/α,β-unsaturated/α-hetero) is 2. The van der Waals surface area contributed by atoms with E-state index in [-0.39, 0.29) is 16.8 Å². The van der Waals surface area contributed by atoms with Gasteiger partial charge in [0.05, 0.1) is 0 Å². The third-order valence-corrected chi connectivity index (χ3v) is 7.90. The summed E-state index contributed by atoms with van der Waals surface area (Å²) in [6.45, 7) is 4.04. The highest BCUT2D eigenvalue weighted by atomic mass is 16.5. The molecule has 0 bridgehead atoms. The van der Waals surface area contributed by atoms with Gasteiger partial charge in [0.1, 0.15) is 18.2 Å². The van der Waals surface area contributed by atoms with Crippen LogP contribution in [0.4, 0.5) is 0 Å². The van der Waals surface area contributed by atoms with Crippen LogP contribution in [-0.4, -0.2) is 24.1 Å². The van der Waals surface area contributed by atoms with Gasteiger partial charge in [-0.3, -0.25) is 14.4 Å². The molecule has 4 aliphatic carbocycles. The van der Waals surface area contributed by atoms with Crippen LogP contribution in [0, 0.1) is 28.6 Å². The van der Waals surface area contributed by atoms with Gasteiger partial charge in [0.2, 0.25) is 0 Å². The van der Waals surface area contributed by atoms with E-state index >= 15 is 0 Å². The Kier molecular flexibility index (Phi) is 3.93. The zero-order valence-corrected chi connectivity index (χ0v) is 15.3. The molecule has 0 unspecified atom stereocenters. The van der Waals surface area contributed by atoms with Crippen LogP contribution in [-0.2, 0) is 19.1 Å². The SMILES string of the molecule is CC(=O)OC[C@]12CCC(=O)CC1=CC[C@@H]1[C@H]2CC[C@]2(C)C(=O)CC[C@@H]12. The van der Waals surface area contributed by atoms with Gasteiger partial charge in [0.15, 0.2) is 0 Å². The number of hydrogen-bond acceptors (Lipinski definition) is 4. The minimum atomic E-state index is -0.246. The summed E-state index contributed by atoms with van der Waals surface area (Å²) in [6, 6.07) is 0. The molecule has 0 N–H and O–H groups in total. The van der Waals surface area contributed by atoms with Gasteiger partial charge in [-0.1, -0.05) is 18.6 Å². The van der Waals surface area contributed by atoms with E-state index in [9.17, 15) is 14.4 Å². The van der Waals surface area contributed by atoms with Gasteiger partial charge in [-0.05, 0) is 49.9 Å². The molecule has 0 aromatic heterocycles. The highest BCUT2D eigenvalue weighted by molar-refractivity contribution is 5.87. The summed E-state index contributed by atoms with van der Waals surface area (Å²) < 4.78 is 5.53. The molecule has 0 amide bonds. The zero-order valence-electron chi connectivity index (χ0n) is 15.3. The molecule has 3 fully saturated rings. The molecule has 0 spiro atoms. The molecular formula is C21H28O4. The molecule has 136 valence electrons. The van der Waals surface area contributed by atoms with Crippen molar-refractivity contribution in [2.24, 2.45) is 28.6 Å². The van der Waals surface area contributed by atoms with Crippen LogP contribution in [0.25, 0.3) is 0 Å². The van der Waals surface area contributed by atoms with E-state index in [1.807, 2.05) is 0 Å². The van der Waals surface area contributed by atoms with Crippen molar-refractivity contribution in [3.8, 4) is 0 Å². The second-order valence-corrected chi connectivity index (χ2v) is 8.91. The average Bonchev–Trinajstić information content (AvgIpc) is 2.88. The summed E-state index contributed by atoms with van der Waals surface area (Å²) in [5, 5.41) is 0. The number of carbonyl (C=O) groups is 3. The predicted molar refractivity (Wildman–Crippen MR) is 92.7 cm³/mol. The first-order valence-corrected chi connectivity index (χ1v) is 9.75. The van der Waals surface area contributed by atoms with Crippen LogP contribution < -0.4 is 0 Å². The van der Waals surface area contributed by atoms with Gasteiger partial charge in [-0.25, -0.2) is 0 Å². The summed E-state index contributed by atoms with van der Waals surface area (Å²) >= 11 is 0. The van der Waals surface area contributed by atoms with Crippen LogP contribution in [0.2, 0.25) is 0 Å². The van der Waals surface area contributed by atoms with Gasteiger partial charge >= 0.3 is 5.97 Å². The number of ketones is 2. The molecule has 25 heavy (non-hydrogen) atoms. The zero-order chi connectivity index (χ0) is 17.8. The van der Waals surface area contributed by atoms with Crippen LogP contribution in [0.5, 0.6) is 0 Å². The quantitative estimate of drug-likeness (QED) is 0.567. The molecule has 4 aliphatic rings. The van der Waals surface area contributed by atoms with E-state index in [1.165, 1.54) is 12.5 Å². The monoisotopic (exact) mass is 344 g/mol. The number of carbonyl (C=O) groups excluding carboxylic acids is 3. The average molecular weight is 344 g/mol. The lowest BCUT2D eigenvalue weighted by Gasteiger charge is -2.56. The summed E-state index contributed by atoms with van der Waals surface area (Å²) in [7, 11) is 0. The van der Waals surface area contributed by atoms with Crippen LogP contribution in [0.1, 0.15) is 65.2 Å². The molecule has 0 radical (unpaired) electrons. The van der Waals surface area contributed by atoms with E-state index in [0.29, 0.717) is 48.8 Å². The third-order valence-electron chi connectivity index (χ3n) is 7.90. The van der Waals surface area contributed by atoms with Gasteiger partial charge < -0.3 is 4.74 Å². The Morgan fingerprint density at radius 3 is 2.76 bits per heavy atom. The summed E-state index contributed by atoms with van der Waals surface area (Å²) in [5.74, 6) is 1.87. The van der Waals surface area contributed by atoms with Gasteiger partial charge in [-0.15, -0.1) is 0 Å². The van der Waals surface area contributed by atoms with Crippen LogP contribution >= 0.6 is 0 Å². The normalized spacial score (nSPS) is 43.0. The van der Waals surface area contributed by atoms with E-state index < -0.39 is 0 Å². The Hall–Kier alpha value is -1.45. The molecule has 0 aliphatic heterocycles. The molecule has 0 aromatic carbocycles. The molecule has 4 heteroatoms. The van der Waals surface area contributed by atoms with Gasteiger partial charge in [0.25, 0.3) is 0 Å². The van der Waals surface area contributed by atoms with Crippen molar-refractivity contribution >= 4 is 17.5 Å². The Balaban J connectivity index is 1.71. The van der Waals surface area contributed by atoms with Crippen LogP contribution in [0.3, 0.4) is 0 Å². The lowest BCUT2D eigenvalue weighted by Crippen LogP contribution is -2.53. The molecule has 3 saturated carbocycles. The molecule has 4 nitrogen and oxygen atoms in total. The predicted octanol–water partition coefficient (Wildman–Crippen LogP) is 3.63. The van der Waals surface area contributed by atoms with Gasteiger partial charge in [-0.2, -0.15) is 0 Å². The minimum Gasteiger partial charge on any atom is -0.465 e. The number of hydrogen-bond donors (Lipinski definition) is 0. The lowest BCUT2D eigenvalue weighted by molar-refractivity contribution is -0.149. The summed E-state index contributed by atoms with van der Waals surface area (Å²) in [6.07, 6.45) is 8.81. The van der Waals surface area contributed by atoms with Crippen LogP contribution in [0.15, 0.2) is 11.6 Å². The maximum Gasteiger partial charge on any atom is 0.302 e. The first kappa shape index (κ1) is 17.0. The van der Waals surface area contributed by atoms with E-state index in [0.717, 1.165) is 38.5 Å². The number of esters is 1. The van der Waals surface area contributed by atoms with Crippen molar-refractivity contribution in [1.82, 2.24) is 0 Å². The van der Waals surface area contributed by atoms with Gasteiger partial charge in [0, 0.05) is 37.0 Å². The largest absolute Gasteiger partial charge is 0.465 e. The van der Waals surface area contributed by atoms with Crippen molar-refractivity contribution in [1.29, 1.82) is 0 Å².